The van der Waals surface area contributed by atoms with Crippen molar-refractivity contribution < 1.29 is 19.4 Å². The first-order valence-electron chi connectivity index (χ1n) is 4.52. The van der Waals surface area contributed by atoms with Crippen LogP contribution in [0.25, 0.3) is 0 Å². The minimum absolute atomic E-state index is 0.0752. The van der Waals surface area contributed by atoms with E-state index in [9.17, 15) is 9.90 Å². The molecule has 0 radical (unpaired) electrons. The number of carbonyl (C=O) groups excluding carboxylic acids is 1. The summed E-state index contributed by atoms with van der Waals surface area (Å²) in [4.78, 5) is 10.7. The Bertz CT molecular complexity index is 448. The van der Waals surface area contributed by atoms with Crippen molar-refractivity contribution in [3.63, 3.8) is 0 Å². The summed E-state index contributed by atoms with van der Waals surface area (Å²) in [6.45, 7) is 0. The van der Waals surface area contributed by atoms with E-state index < -0.39 is 6.09 Å². The number of hydrazone groups is 1. The van der Waals surface area contributed by atoms with Crippen LogP contribution in [0.3, 0.4) is 0 Å². The van der Waals surface area contributed by atoms with E-state index in [-0.39, 0.29) is 5.75 Å². The molecule has 92 valence electrons. The molecule has 0 heterocycles. The maximum absolute atomic E-state index is 10.7. The Morgan fingerprint density at radius 3 is 2.82 bits per heavy atom. The molecule has 0 aliphatic rings. The van der Waals surface area contributed by atoms with Gasteiger partial charge in [0.05, 0.1) is 24.0 Å². The van der Waals surface area contributed by atoms with Gasteiger partial charge in [-0.3, -0.25) is 0 Å². The number of nitrogens with one attached hydrogen (secondary N) is 1. The maximum atomic E-state index is 10.7. The molecule has 0 atom stereocenters. The van der Waals surface area contributed by atoms with Crippen molar-refractivity contribution in [2.24, 2.45) is 5.10 Å². The number of nitrogens with zero attached hydrogens (tertiary/aromatic N) is 1. The van der Waals surface area contributed by atoms with Crippen molar-refractivity contribution >= 4 is 34.9 Å². The lowest BCUT2D eigenvalue weighted by Crippen LogP contribution is -2.16. The second kappa shape index (κ2) is 6.28. The van der Waals surface area contributed by atoms with Crippen LogP contribution in [0.4, 0.5) is 4.79 Å². The van der Waals surface area contributed by atoms with Crippen LogP contribution >= 0.6 is 22.6 Å². The highest BCUT2D eigenvalue weighted by Gasteiger charge is 2.07. The van der Waals surface area contributed by atoms with Gasteiger partial charge in [0.1, 0.15) is 0 Å². The largest absolute Gasteiger partial charge is 0.504 e. The molecule has 0 fully saturated rings. The molecule has 0 unspecified atom stereocenters. The zero-order valence-corrected chi connectivity index (χ0v) is 11.4. The fourth-order valence-electron chi connectivity index (χ4n) is 1.03. The van der Waals surface area contributed by atoms with Crippen molar-refractivity contribution in [1.29, 1.82) is 0 Å². The monoisotopic (exact) mass is 350 g/mol. The summed E-state index contributed by atoms with van der Waals surface area (Å²) in [6, 6.07) is 3.29. The van der Waals surface area contributed by atoms with Crippen LogP contribution in [0.2, 0.25) is 0 Å². The molecule has 0 saturated carbocycles. The average Bonchev–Trinajstić information content (AvgIpc) is 2.33. The van der Waals surface area contributed by atoms with E-state index in [1.807, 2.05) is 22.6 Å². The maximum Gasteiger partial charge on any atom is 0.427 e. The molecule has 0 aliphatic carbocycles. The van der Waals surface area contributed by atoms with E-state index in [0.29, 0.717) is 14.9 Å². The highest BCUT2D eigenvalue weighted by atomic mass is 127. The van der Waals surface area contributed by atoms with Crippen LogP contribution in [0, 0.1) is 3.57 Å². The molecular weight excluding hydrogens is 339 g/mol. The molecule has 2 N–H and O–H groups in total. The fraction of sp³-hybridized carbons (Fsp3) is 0.200. The first kappa shape index (κ1) is 13.6. The van der Waals surface area contributed by atoms with Crippen molar-refractivity contribution in [3.05, 3.63) is 21.3 Å². The molecule has 0 aromatic heterocycles. The van der Waals surface area contributed by atoms with Gasteiger partial charge in [-0.1, -0.05) is 0 Å². The van der Waals surface area contributed by atoms with Crippen LogP contribution < -0.4 is 10.2 Å². The molecule has 1 rings (SSSR count). The molecule has 0 bridgehead atoms. The minimum Gasteiger partial charge on any atom is -0.504 e. The lowest BCUT2D eigenvalue weighted by molar-refractivity contribution is 0.171. The minimum atomic E-state index is -0.651. The summed E-state index contributed by atoms with van der Waals surface area (Å²) in [5.74, 6) is 0.419. The number of amides is 1. The Labute approximate surface area is 112 Å². The van der Waals surface area contributed by atoms with E-state index in [1.54, 1.807) is 12.1 Å². The molecular formula is C10H11IN2O4. The van der Waals surface area contributed by atoms with Crippen LogP contribution in [0.1, 0.15) is 5.56 Å². The van der Waals surface area contributed by atoms with E-state index in [4.69, 9.17) is 4.74 Å². The Morgan fingerprint density at radius 2 is 2.24 bits per heavy atom. The first-order valence-corrected chi connectivity index (χ1v) is 5.60. The number of phenolic OH excluding ortho intramolecular Hbond substituents is 1. The number of phenols is 1. The van der Waals surface area contributed by atoms with Gasteiger partial charge in [-0.25, -0.2) is 10.2 Å². The number of aromatic hydroxyl groups is 1. The van der Waals surface area contributed by atoms with Crippen LogP contribution in [0.15, 0.2) is 17.2 Å². The Hall–Kier alpha value is -1.51. The lowest BCUT2D eigenvalue weighted by Gasteiger charge is -2.06. The molecule has 6 nitrogen and oxygen atoms in total. The Kier molecular flexibility index (Phi) is 5.01. The predicted octanol–water partition coefficient (Wildman–Crippen LogP) is 1.70. The van der Waals surface area contributed by atoms with E-state index in [2.05, 4.69) is 15.3 Å². The zero-order valence-electron chi connectivity index (χ0n) is 9.23. The van der Waals surface area contributed by atoms with E-state index in [1.165, 1.54) is 20.4 Å². The second-order valence-electron chi connectivity index (χ2n) is 2.92. The first-order chi connectivity index (χ1) is 8.08. The number of carbonyl (C=O) groups is 1. The quantitative estimate of drug-likeness (QED) is 0.494. The van der Waals surface area contributed by atoms with Gasteiger partial charge in [0.2, 0.25) is 0 Å². The standard InChI is InChI=1S/C10H11IN2O4/c1-16-8-4-6(3-7(11)9(8)14)5-12-13-10(15)17-2/h3-5,14H,1-2H3,(H,13,15)/b12-5-. The topological polar surface area (TPSA) is 80.2 Å². The molecule has 0 aliphatic heterocycles. The van der Waals surface area contributed by atoms with Crippen LogP contribution in [0.5, 0.6) is 11.5 Å². The average molecular weight is 350 g/mol. The third kappa shape index (κ3) is 3.77. The lowest BCUT2D eigenvalue weighted by atomic mass is 10.2. The summed E-state index contributed by atoms with van der Waals surface area (Å²) in [5.41, 5.74) is 2.84. The van der Waals surface area contributed by atoms with Gasteiger partial charge in [-0.2, -0.15) is 5.10 Å². The highest BCUT2D eigenvalue weighted by Crippen LogP contribution is 2.31. The van der Waals surface area contributed by atoms with Gasteiger partial charge in [0.15, 0.2) is 11.5 Å². The van der Waals surface area contributed by atoms with Gasteiger partial charge in [0, 0.05) is 0 Å². The Balaban J connectivity index is 2.85. The summed E-state index contributed by atoms with van der Waals surface area (Å²) in [6.07, 6.45) is 0.766. The molecule has 1 aromatic carbocycles. The van der Waals surface area contributed by atoms with Gasteiger partial charge in [-0.05, 0) is 40.3 Å². The van der Waals surface area contributed by atoms with Gasteiger partial charge < -0.3 is 14.6 Å². The number of hydrogen-bond acceptors (Lipinski definition) is 5. The van der Waals surface area contributed by atoms with Crippen molar-refractivity contribution in [2.45, 2.75) is 0 Å². The van der Waals surface area contributed by atoms with Crippen molar-refractivity contribution in [2.75, 3.05) is 14.2 Å². The molecule has 1 amide bonds. The number of benzene rings is 1. The van der Waals surface area contributed by atoms with Gasteiger partial charge >= 0.3 is 6.09 Å². The summed E-state index contributed by atoms with van der Waals surface area (Å²) in [7, 11) is 2.70. The molecule has 7 heteroatoms. The van der Waals surface area contributed by atoms with Crippen molar-refractivity contribution in [3.8, 4) is 11.5 Å². The van der Waals surface area contributed by atoms with E-state index >= 15 is 0 Å². The Morgan fingerprint density at radius 1 is 1.53 bits per heavy atom. The SMILES string of the molecule is COC(=O)N/N=C\c1cc(I)c(O)c(OC)c1. The van der Waals surface area contributed by atoms with Crippen molar-refractivity contribution in [1.82, 2.24) is 5.43 Å². The normalized spacial score (nSPS) is 10.3. The van der Waals surface area contributed by atoms with Gasteiger partial charge in [0.25, 0.3) is 0 Å². The number of methoxy groups -OCH3 is 2. The molecule has 17 heavy (non-hydrogen) atoms. The smallest absolute Gasteiger partial charge is 0.427 e. The summed E-state index contributed by atoms with van der Waals surface area (Å²) in [5, 5.41) is 13.3. The molecule has 0 spiro atoms. The third-order valence-electron chi connectivity index (χ3n) is 1.83. The predicted molar refractivity (Wildman–Crippen MR) is 70.5 cm³/mol. The van der Waals surface area contributed by atoms with Crippen LogP contribution in [-0.2, 0) is 4.74 Å². The highest BCUT2D eigenvalue weighted by molar-refractivity contribution is 14.1. The molecule has 0 saturated heterocycles. The summed E-state index contributed by atoms with van der Waals surface area (Å²) >= 11 is 1.97. The van der Waals surface area contributed by atoms with Crippen LogP contribution in [-0.4, -0.2) is 31.6 Å². The van der Waals surface area contributed by atoms with E-state index in [0.717, 1.165) is 0 Å². The molecule has 1 aromatic rings. The zero-order chi connectivity index (χ0) is 12.8. The second-order valence-corrected chi connectivity index (χ2v) is 4.08. The number of rotatable bonds is 3. The van der Waals surface area contributed by atoms with Gasteiger partial charge in [-0.15, -0.1) is 0 Å². The number of hydrogen-bond donors (Lipinski definition) is 2. The summed E-state index contributed by atoms with van der Waals surface area (Å²) < 4.78 is 9.96. The number of halogens is 1. The number of ether oxygens (including phenoxy) is 2. The fourth-order valence-corrected chi connectivity index (χ4v) is 1.65. The third-order valence-corrected chi connectivity index (χ3v) is 2.65.